The van der Waals surface area contributed by atoms with Gasteiger partial charge in [-0.05, 0) is 69.5 Å². The SMILES string of the molecule is Cc1ccc(CCC(=O)NCC(c2ccco2)N2CCCCC2)c(C)c1. The molecular formula is C22H30N2O2. The Labute approximate surface area is 156 Å². The largest absolute Gasteiger partial charge is 0.468 e. The molecule has 0 spiro atoms. The zero-order valence-electron chi connectivity index (χ0n) is 16.0. The lowest BCUT2D eigenvalue weighted by Gasteiger charge is -2.33. The third-order valence-corrected chi connectivity index (χ3v) is 5.32. The first-order valence-corrected chi connectivity index (χ1v) is 9.74. The number of likely N-dealkylation sites (tertiary alicyclic amines) is 1. The Morgan fingerprint density at radius 1 is 1.19 bits per heavy atom. The van der Waals surface area contributed by atoms with Gasteiger partial charge in [0.05, 0.1) is 12.3 Å². The summed E-state index contributed by atoms with van der Waals surface area (Å²) in [6.07, 6.45) is 6.76. The van der Waals surface area contributed by atoms with Gasteiger partial charge in [0.1, 0.15) is 5.76 Å². The Morgan fingerprint density at radius 2 is 2.00 bits per heavy atom. The van der Waals surface area contributed by atoms with E-state index in [1.165, 1.54) is 36.0 Å². The van der Waals surface area contributed by atoms with Gasteiger partial charge in [0, 0.05) is 13.0 Å². The molecule has 3 rings (SSSR count). The molecule has 0 saturated carbocycles. The van der Waals surface area contributed by atoms with Crippen LogP contribution in [0.5, 0.6) is 0 Å². The highest BCUT2D eigenvalue weighted by Gasteiger charge is 2.24. The second kappa shape index (κ2) is 9.04. The van der Waals surface area contributed by atoms with E-state index >= 15 is 0 Å². The summed E-state index contributed by atoms with van der Waals surface area (Å²) in [6.45, 7) is 6.97. The molecule has 4 heteroatoms. The molecule has 1 aliphatic rings. The van der Waals surface area contributed by atoms with Crippen molar-refractivity contribution in [2.45, 2.75) is 52.0 Å². The van der Waals surface area contributed by atoms with Crippen molar-refractivity contribution in [2.75, 3.05) is 19.6 Å². The summed E-state index contributed by atoms with van der Waals surface area (Å²) in [6, 6.07) is 10.5. The van der Waals surface area contributed by atoms with E-state index in [0.29, 0.717) is 13.0 Å². The van der Waals surface area contributed by atoms with E-state index < -0.39 is 0 Å². The zero-order valence-corrected chi connectivity index (χ0v) is 16.0. The number of benzene rings is 1. The maximum Gasteiger partial charge on any atom is 0.220 e. The molecule has 1 atom stereocenters. The third kappa shape index (κ3) is 4.98. The van der Waals surface area contributed by atoms with Crippen LogP contribution in [0.25, 0.3) is 0 Å². The predicted octanol–water partition coefficient (Wildman–Crippen LogP) is 4.17. The number of nitrogens with one attached hydrogen (secondary N) is 1. The summed E-state index contributed by atoms with van der Waals surface area (Å²) in [5, 5.41) is 3.13. The Kier molecular flexibility index (Phi) is 6.51. The van der Waals surface area contributed by atoms with Crippen molar-refractivity contribution in [2.24, 2.45) is 0 Å². The lowest BCUT2D eigenvalue weighted by molar-refractivity contribution is -0.121. The fourth-order valence-electron chi connectivity index (χ4n) is 3.79. The standard InChI is InChI=1S/C22H30N2O2/c1-17-8-9-19(18(2)15-17)10-11-22(25)23-16-20(21-7-6-14-26-21)24-12-4-3-5-13-24/h6-9,14-15,20H,3-5,10-13,16H2,1-2H3,(H,23,25). The summed E-state index contributed by atoms with van der Waals surface area (Å²) in [7, 11) is 0. The third-order valence-electron chi connectivity index (χ3n) is 5.32. The monoisotopic (exact) mass is 354 g/mol. The molecule has 26 heavy (non-hydrogen) atoms. The Bertz CT molecular complexity index is 703. The van der Waals surface area contributed by atoms with Crippen LogP contribution in [-0.4, -0.2) is 30.4 Å². The van der Waals surface area contributed by atoms with Crippen molar-refractivity contribution in [1.82, 2.24) is 10.2 Å². The first kappa shape index (κ1) is 18.7. The van der Waals surface area contributed by atoms with Crippen molar-refractivity contribution in [3.8, 4) is 0 Å². The van der Waals surface area contributed by atoms with Crippen molar-refractivity contribution in [3.05, 3.63) is 59.0 Å². The van der Waals surface area contributed by atoms with Crippen molar-refractivity contribution >= 4 is 5.91 Å². The summed E-state index contributed by atoms with van der Waals surface area (Å²) < 4.78 is 5.64. The van der Waals surface area contributed by atoms with Crippen LogP contribution >= 0.6 is 0 Å². The first-order valence-electron chi connectivity index (χ1n) is 9.74. The van der Waals surface area contributed by atoms with Gasteiger partial charge in [-0.15, -0.1) is 0 Å². The number of hydrogen-bond donors (Lipinski definition) is 1. The number of carbonyl (C=O) groups is 1. The summed E-state index contributed by atoms with van der Waals surface area (Å²) in [4.78, 5) is 14.8. The van der Waals surface area contributed by atoms with Crippen LogP contribution in [0.15, 0.2) is 41.0 Å². The molecule has 0 bridgehead atoms. The minimum absolute atomic E-state index is 0.110. The van der Waals surface area contributed by atoms with Crippen molar-refractivity contribution in [3.63, 3.8) is 0 Å². The fraction of sp³-hybridized carbons (Fsp3) is 0.500. The quantitative estimate of drug-likeness (QED) is 0.811. The minimum atomic E-state index is 0.110. The number of furan rings is 1. The molecule has 2 heterocycles. The van der Waals surface area contributed by atoms with Gasteiger partial charge in [0.15, 0.2) is 0 Å². The molecule has 1 fully saturated rings. The molecule has 1 unspecified atom stereocenters. The predicted molar refractivity (Wildman–Crippen MR) is 104 cm³/mol. The van der Waals surface area contributed by atoms with Crippen molar-refractivity contribution in [1.29, 1.82) is 0 Å². The van der Waals surface area contributed by atoms with Crippen LogP contribution in [0, 0.1) is 13.8 Å². The molecular weight excluding hydrogens is 324 g/mol. The molecule has 1 saturated heterocycles. The smallest absolute Gasteiger partial charge is 0.220 e. The van der Waals surface area contributed by atoms with Gasteiger partial charge in [0.25, 0.3) is 0 Å². The number of rotatable bonds is 7. The molecule has 1 aromatic heterocycles. The van der Waals surface area contributed by atoms with Gasteiger partial charge < -0.3 is 9.73 Å². The zero-order chi connectivity index (χ0) is 18.4. The van der Waals surface area contributed by atoms with E-state index in [9.17, 15) is 4.79 Å². The molecule has 140 valence electrons. The molecule has 0 aliphatic carbocycles. The van der Waals surface area contributed by atoms with Crippen LogP contribution in [0.3, 0.4) is 0 Å². The summed E-state index contributed by atoms with van der Waals surface area (Å²) >= 11 is 0. The van der Waals surface area contributed by atoms with E-state index in [2.05, 4.69) is 42.3 Å². The lowest BCUT2D eigenvalue weighted by Crippen LogP contribution is -2.40. The van der Waals surface area contributed by atoms with Gasteiger partial charge in [0.2, 0.25) is 5.91 Å². The first-order chi connectivity index (χ1) is 12.6. The van der Waals surface area contributed by atoms with Gasteiger partial charge in [-0.25, -0.2) is 0 Å². The average Bonchev–Trinajstić information content (AvgIpc) is 3.16. The number of aryl methyl sites for hydroxylation is 3. The topological polar surface area (TPSA) is 45.5 Å². The molecule has 1 N–H and O–H groups in total. The van der Waals surface area contributed by atoms with Crippen LogP contribution < -0.4 is 5.32 Å². The molecule has 1 amide bonds. The molecule has 0 radical (unpaired) electrons. The normalized spacial score (nSPS) is 16.4. The molecule has 4 nitrogen and oxygen atoms in total. The van der Waals surface area contributed by atoms with Crippen LogP contribution in [0.2, 0.25) is 0 Å². The van der Waals surface area contributed by atoms with Crippen LogP contribution in [0.4, 0.5) is 0 Å². The van der Waals surface area contributed by atoms with Gasteiger partial charge in [-0.3, -0.25) is 9.69 Å². The number of amides is 1. The van der Waals surface area contributed by atoms with Crippen molar-refractivity contribution < 1.29 is 9.21 Å². The Morgan fingerprint density at radius 3 is 2.69 bits per heavy atom. The Balaban J connectivity index is 1.53. The highest BCUT2D eigenvalue weighted by Crippen LogP contribution is 2.24. The molecule has 1 aliphatic heterocycles. The Hall–Kier alpha value is -2.07. The van der Waals surface area contributed by atoms with Crippen LogP contribution in [0.1, 0.15) is 54.2 Å². The number of piperidine rings is 1. The fourth-order valence-corrected chi connectivity index (χ4v) is 3.79. The van der Waals surface area contributed by atoms with E-state index in [0.717, 1.165) is 25.3 Å². The van der Waals surface area contributed by atoms with Crippen LogP contribution in [-0.2, 0) is 11.2 Å². The van der Waals surface area contributed by atoms with Gasteiger partial charge in [-0.1, -0.05) is 30.2 Å². The maximum atomic E-state index is 12.4. The second-order valence-electron chi connectivity index (χ2n) is 7.36. The van der Waals surface area contributed by atoms with Gasteiger partial charge in [-0.2, -0.15) is 0 Å². The number of hydrogen-bond acceptors (Lipinski definition) is 3. The molecule has 1 aromatic carbocycles. The number of carbonyl (C=O) groups excluding carboxylic acids is 1. The van der Waals surface area contributed by atoms with Gasteiger partial charge >= 0.3 is 0 Å². The van der Waals surface area contributed by atoms with E-state index in [1.54, 1.807) is 6.26 Å². The van der Waals surface area contributed by atoms with E-state index in [4.69, 9.17) is 4.42 Å². The highest BCUT2D eigenvalue weighted by molar-refractivity contribution is 5.76. The lowest BCUT2D eigenvalue weighted by atomic mass is 10.0. The second-order valence-corrected chi connectivity index (χ2v) is 7.36. The van der Waals surface area contributed by atoms with E-state index in [1.807, 2.05) is 12.1 Å². The summed E-state index contributed by atoms with van der Waals surface area (Å²) in [5.41, 5.74) is 3.78. The average molecular weight is 354 g/mol. The maximum absolute atomic E-state index is 12.4. The van der Waals surface area contributed by atoms with E-state index in [-0.39, 0.29) is 11.9 Å². The number of nitrogens with zero attached hydrogens (tertiary/aromatic N) is 1. The highest BCUT2D eigenvalue weighted by atomic mass is 16.3. The minimum Gasteiger partial charge on any atom is -0.468 e. The molecule has 2 aromatic rings. The summed E-state index contributed by atoms with van der Waals surface area (Å²) in [5.74, 6) is 1.06.